The van der Waals surface area contributed by atoms with Crippen LogP contribution in [-0.2, 0) is 0 Å². The molecule has 85 heavy (non-hydrogen) atoms. The molecule has 0 unspecified atom stereocenters. The number of benzene rings is 9. The van der Waals surface area contributed by atoms with Gasteiger partial charge in [0.05, 0.1) is 31.3 Å². The van der Waals surface area contributed by atoms with E-state index in [9.17, 15) is 0 Å². The number of aromatic amines is 3. The smallest absolute Gasteiger partial charge is 0.133 e. The second-order valence-corrected chi connectivity index (χ2v) is 20.5. The van der Waals surface area contributed by atoms with Gasteiger partial charge in [0.25, 0.3) is 0 Å². The van der Waals surface area contributed by atoms with E-state index in [1.54, 1.807) is 65.3 Å². The van der Waals surface area contributed by atoms with Gasteiger partial charge >= 0.3 is 0 Å². The average molecular weight is 1160 g/mol. The van der Waals surface area contributed by atoms with E-state index in [0.717, 1.165) is 21.7 Å². The van der Waals surface area contributed by atoms with E-state index in [1.807, 2.05) is 193 Å². The zero-order chi connectivity index (χ0) is 58.3. The van der Waals surface area contributed by atoms with Gasteiger partial charge < -0.3 is 28.2 Å². The number of H-pyrrole nitrogens is 3. The van der Waals surface area contributed by atoms with Gasteiger partial charge in [-0.25, -0.2) is 0 Å². The lowest BCUT2D eigenvalue weighted by atomic mass is 10.1. The molecule has 0 aliphatic heterocycles. The minimum absolute atomic E-state index is 0.956. The molecule has 9 heterocycles. The highest BCUT2D eigenvalue weighted by molar-refractivity contribution is 7.17. The van der Waals surface area contributed by atoms with E-state index in [2.05, 4.69) is 169 Å². The van der Waals surface area contributed by atoms with E-state index < -0.39 is 0 Å². The first-order valence-electron chi connectivity index (χ1n) is 27.4. The van der Waals surface area contributed by atoms with Crippen molar-refractivity contribution in [3.63, 3.8) is 0 Å². The summed E-state index contributed by atoms with van der Waals surface area (Å²) in [5, 5.41) is 24.5. The Morgan fingerprint density at radius 3 is 1.21 bits per heavy atom. The molecule has 0 aliphatic rings. The summed E-state index contributed by atoms with van der Waals surface area (Å²) >= 11 is 5.25. The van der Waals surface area contributed by atoms with Crippen molar-refractivity contribution >= 4 is 109 Å². The normalized spacial score (nSPS) is 9.65. The summed E-state index contributed by atoms with van der Waals surface area (Å²) in [6.45, 7) is 0. The highest BCUT2D eigenvalue weighted by atomic mass is 32.1. The predicted octanol–water partition coefficient (Wildman–Crippen LogP) is 23.6. The van der Waals surface area contributed by atoms with Crippen LogP contribution in [0.2, 0.25) is 0 Å². The van der Waals surface area contributed by atoms with Crippen LogP contribution in [0, 0.1) is 0 Å². The molecule has 0 atom stereocenters. The molecule has 0 radical (unpaired) electrons. The number of aromatic nitrogens is 3. The lowest BCUT2D eigenvalue weighted by Gasteiger charge is -1.92. The maximum absolute atomic E-state index is 5.12. The van der Waals surface area contributed by atoms with Gasteiger partial charge in [-0.05, 0) is 131 Å². The first-order chi connectivity index (χ1) is 42.3. The molecule has 18 aromatic rings. The number of para-hydroxylation sites is 2. The molecule has 0 bridgehead atoms. The molecule has 9 aromatic heterocycles. The van der Waals surface area contributed by atoms with Crippen LogP contribution in [0.15, 0.2) is 388 Å². The Morgan fingerprint density at radius 2 is 0.741 bits per heavy atom. The number of hydrogen-bond acceptors (Lipinski definition) is 6. The molecule has 0 amide bonds. The molecule has 18 rings (SSSR count). The largest absolute Gasteiger partial charge is 0.473 e. The molecule has 0 saturated carbocycles. The van der Waals surface area contributed by atoms with Crippen molar-refractivity contribution in [3.8, 4) is 0 Å². The summed E-state index contributed by atoms with van der Waals surface area (Å²) in [6.07, 6.45) is 18.1. The van der Waals surface area contributed by atoms with Gasteiger partial charge in [-0.2, -0.15) is 22.7 Å². The number of nitrogens with one attached hydrogen (secondary N) is 3. The third-order valence-corrected chi connectivity index (χ3v) is 14.4. The number of rotatable bonds is 0. The van der Waals surface area contributed by atoms with Gasteiger partial charge in [0.1, 0.15) is 5.58 Å². The molecule has 9 aromatic carbocycles. The molecular weight excluding hydrogens is 1100 g/mol. The van der Waals surface area contributed by atoms with Gasteiger partial charge in [0, 0.05) is 57.4 Å². The van der Waals surface area contributed by atoms with Crippen LogP contribution in [0.1, 0.15) is 0 Å². The first-order valence-corrected chi connectivity index (χ1v) is 30.2. The Bertz CT molecular complexity index is 3580. The minimum atomic E-state index is 0.956. The van der Waals surface area contributed by atoms with Gasteiger partial charge in [0.2, 0.25) is 0 Å². The number of fused-ring (bicyclic) bond motifs is 7. The van der Waals surface area contributed by atoms with Crippen molar-refractivity contribution in [2.75, 3.05) is 0 Å². The fraction of sp³-hybridized carbons (Fsp3) is 0. The van der Waals surface area contributed by atoms with Crippen LogP contribution in [0.25, 0.3) is 75.0 Å². The fourth-order valence-corrected chi connectivity index (χ4v) is 9.90. The molecule has 0 saturated heterocycles. The standard InChI is InChI=1S/C10H8.2C8H7N.2C8H6O.2C8H6S.C6H6.C4H5N.C4H4O.C4H4S/c1-2-6-10-8-4-3-7-9(10)5-1;1-2-4-8-6-9-5-7(8)3-1;1-2-4-8-7(3-1)5-6-9-8;1-2-4-8-6-9-5-7(8)3-1;1-2-4-8-7(3-1)5-6-9-8;1-2-4-8-6-9-5-7(8)3-1;1-2-4-8-7(3-1)5-6-9-8;1-2-4-6-5-3-1;3*1-2-4-5-3-1/h1-8H;2*1-6,9H;4*1-6H;1-6H;1-5H;2*1-4H. The van der Waals surface area contributed by atoms with Crippen molar-refractivity contribution in [3.05, 3.63) is 374 Å². The minimum Gasteiger partial charge on any atom is -0.473 e. The van der Waals surface area contributed by atoms with Crippen LogP contribution in [0.3, 0.4) is 0 Å². The van der Waals surface area contributed by atoms with Crippen molar-refractivity contribution in [1.29, 1.82) is 0 Å². The Hall–Kier alpha value is -10.4. The summed E-state index contributed by atoms with van der Waals surface area (Å²) in [4.78, 5) is 9.02. The number of thiophene rings is 3. The molecule has 0 spiro atoms. The summed E-state index contributed by atoms with van der Waals surface area (Å²) in [7, 11) is 0. The van der Waals surface area contributed by atoms with E-state index in [1.165, 1.54) is 53.3 Å². The predicted molar refractivity (Wildman–Crippen MR) is 367 cm³/mol. The fourth-order valence-electron chi connectivity index (χ4n) is 7.86. The van der Waals surface area contributed by atoms with Crippen LogP contribution in [0.4, 0.5) is 0 Å². The van der Waals surface area contributed by atoms with E-state index in [-0.39, 0.29) is 0 Å². The first kappa shape index (κ1) is 60.7. The van der Waals surface area contributed by atoms with Crippen LogP contribution in [0.5, 0.6) is 0 Å². The highest BCUT2D eigenvalue weighted by Gasteiger charge is 1.93. The second kappa shape index (κ2) is 36.8. The van der Waals surface area contributed by atoms with Crippen molar-refractivity contribution in [2.24, 2.45) is 0 Å². The highest BCUT2D eigenvalue weighted by Crippen LogP contribution is 2.20. The molecule has 6 nitrogen and oxygen atoms in total. The number of furan rings is 3. The van der Waals surface area contributed by atoms with Crippen LogP contribution < -0.4 is 0 Å². The monoisotopic (exact) mass is 1160 g/mol. The SMILES string of the molecule is c1cc[nH]c1.c1ccc2[nH]ccc2c1.c1ccc2c[nH]cc2c1.c1ccc2ccccc2c1.c1ccc2cocc2c1.c1ccc2cscc2c1.c1ccc2occc2c1.c1ccc2sccc2c1.c1ccccc1.c1ccoc1.c1ccsc1. The molecule has 0 fully saturated rings. The van der Waals surface area contributed by atoms with Crippen LogP contribution in [-0.4, -0.2) is 15.0 Å². The van der Waals surface area contributed by atoms with Crippen molar-refractivity contribution in [1.82, 2.24) is 15.0 Å². The third-order valence-electron chi connectivity index (χ3n) is 12.1. The van der Waals surface area contributed by atoms with Crippen molar-refractivity contribution in [2.45, 2.75) is 0 Å². The Balaban J connectivity index is 0.000000123. The van der Waals surface area contributed by atoms with E-state index in [4.69, 9.17) is 8.83 Å². The topological polar surface area (TPSA) is 86.8 Å². The number of hydrogen-bond donors (Lipinski definition) is 3. The summed E-state index contributed by atoms with van der Waals surface area (Å²) < 4.78 is 16.0. The third kappa shape index (κ3) is 22.1. The van der Waals surface area contributed by atoms with Gasteiger partial charge in [-0.15, -0.1) is 11.3 Å². The summed E-state index contributed by atoms with van der Waals surface area (Å²) in [5.41, 5.74) is 2.16. The Morgan fingerprint density at radius 1 is 0.271 bits per heavy atom. The van der Waals surface area contributed by atoms with Gasteiger partial charge in [-0.3, -0.25) is 0 Å². The zero-order valence-corrected chi connectivity index (χ0v) is 49.2. The van der Waals surface area contributed by atoms with E-state index >= 15 is 0 Å². The lowest BCUT2D eigenvalue weighted by Crippen LogP contribution is -1.67. The molecule has 0 aliphatic carbocycles. The van der Waals surface area contributed by atoms with Gasteiger partial charge in [0.15, 0.2) is 0 Å². The molecular formula is C76H65N3O3S3. The maximum atomic E-state index is 5.12. The maximum Gasteiger partial charge on any atom is 0.133 e. The van der Waals surface area contributed by atoms with E-state index in [0.29, 0.717) is 0 Å². The average Bonchev–Trinajstić information content (AvgIpc) is 4.51. The summed E-state index contributed by atoms with van der Waals surface area (Å²) in [6, 6.07) is 95.7. The van der Waals surface area contributed by atoms with Gasteiger partial charge in [-0.1, -0.05) is 224 Å². The Kier molecular flexibility index (Phi) is 26.3. The molecule has 420 valence electrons. The second-order valence-electron chi connectivity index (χ2n) is 18.0. The zero-order valence-electron chi connectivity index (χ0n) is 46.7. The lowest BCUT2D eigenvalue weighted by molar-refractivity contribution is 0.567. The molecule has 9 heteroatoms. The van der Waals surface area contributed by atoms with Crippen LogP contribution >= 0.6 is 34.0 Å². The Labute approximate surface area is 508 Å². The molecule has 3 N–H and O–H groups in total. The summed E-state index contributed by atoms with van der Waals surface area (Å²) in [5.74, 6) is 0. The quantitative estimate of drug-likeness (QED) is 0.141. The van der Waals surface area contributed by atoms with Crippen molar-refractivity contribution < 1.29 is 13.3 Å².